The highest BCUT2D eigenvalue weighted by Crippen LogP contribution is 1.97. The molecule has 0 heterocycles. The summed E-state index contributed by atoms with van der Waals surface area (Å²) in [6.07, 6.45) is 2.67. The van der Waals surface area contributed by atoms with Gasteiger partial charge < -0.3 is 10.2 Å². The maximum absolute atomic E-state index is 9.25. The number of hydrogen-bond donors (Lipinski definition) is 2. The Labute approximate surface area is 101 Å². The number of hydrogen-bond acceptors (Lipinski definition) is 2. The average Bonchev–Trinajstić information content (AvgIpc) is 2.30. The van der Waals surface area contributed by atoms with E-state index < -0.39 is 11.9 Å². The van der Waals surface area contributed by atoms with Gasteiger partial charge in [-0.2, -0.15) is 0 Å². The van der Waals surface area contributed by atoms with Crippen LogP contribution in [0.5, 0.6) is 0 Å². The molecule has 0 saturated heterocycles. The van der Waals surface area contributed by atoms with Crippen molar-refractivity contribution in [3.63, 3.8) is 0 Å². The maximum Gasteiger partial charge on any atom is 0.327 e. The molecule has 0 radical (unpaired) electrons. The van der Waals surface area contributed by atoms with Gasteiger partial charge in [-0.3, -0.25) is 4.79 Å². The summed E-state index contributed by atoms with van der Waals surface area (Å²) < 4.78 is 0. The zero-order valence-corrected chi connectivity index (χ0v) is 9.67. The van der Waals surface area contributed by atoms with Crippen molar-refractivity contribution in [1.29, 1.82) is 0 Å². The molecule has 4 heteroatoms. The molecule has 17 heavy (non-hydrogen) atoms. The third-order valence-electron chi connectivity index (χ3n) is 1.21. The lowest BCUT2D eigenvalue weighted by Crippen LogP contribution is -1.82. The molecule has 0 bridgehead atoms. The number of carbonyl (C=O) groups is 2. The summed E-state index contributed by atoms with van der Waals surface area (Å²) in [4.78, 5) is 18.2. The largest absolute Gasteiger partial charge is 0.481 e. The van der Waals surface area contributed by atoms with Gasteiger partial charge in [0.05, 0.1) is 0 Å². The van der Waals surface area contributed by atoms with Crippen molar-refractivity contribution < 1.29 is 19.8 Å². The third kappa shape index (κ3) is 19.9. The Kier molecular flexibility index (Phi) is 11.7. The first-order valence-electron chi connectivity index (χ1n) is 4.66. The normalized spacial score (nSPS) is 7.35. The number of benzene rings is 1. The molecule has 0 atom stereocenters. The molecule has 0 unspecified atom stereocenters. The minimum absolute atomic E-state index is 0.833. The molecule has 1 rings (SSSR count). The number of carboxylic acids is 2. The molecule has 1 aromatic carbocycles. The van der Waals surface area contributed by atoms with Crippen LogP contribution in [-0.4, -0.2) is 22.2 Å². The standard InChI is InChI=1S/C8H8.C3H4O2.C2H4O2/c1-2-8-6-4-3-5-7-8;1-2-3(4)5;1-2(3)4/h2-7H,1H2;2H,1H2,(H,4,5);1H3,(H,3,4). The van der Waals surface area contributed by atoms with E-state index in [1.165, 1.54) is 5.56 Å². The lowest BCUT2D eigenvalue weighted by atomic mass is 10.2. The van der Waals surface area contributed by atoms with Crippen molar-refractivity contribution in [2.24, 2.45) is 0 Å². The van der Waals surface area contributed by atoms with Gasteiger partial charge in [-0.25, -0.2) is 4.79 Å². The molecule has 0 amide bonds. The van der Waals surface area contributed by atoms with E-state index >= 15 is 0 Å². The van der Waals surface area contributed by atoms with Crippen LogP contribution in [0.1, 0.15) is 12.5 Å². The second-order valence-electron chi connectivity index (χ2n) is 2.68. The fourth-order valence-corrected chi connectivity index (χ4v) is 0.589. The van der Waals surface area contributed by atoms with Gasteiger partial charge in [-0.15, -0.1) is 0 Å². The van der Waals surface area contributed by atoms with Crippen LogP contribution in [0.2, 0.25) is 0 Å². The van der Waals surface area contributed by atoms with Crippen LogP contribution in [0.15, 0.2) is 49.6 Å². The van der Waals surface area contributed by atoms with Gasteiger partial charge >= 0.3 is 5.97 Å². The summed E-state index contributed by atoms with van der Waals surface area (Å²) in [7, 11) is 0. The molecular weight excluding hydrogens is 220 g/mol. The van der Waals surface area contributed by atoms with Crippen molar-refractivity contribution in [3.05, 3.63) is 55.1 Å². The van der Waals surface area contributed by atoms with Gasteiger partial charge in [0.2, 0.25) is 0 Å². The Hall–Kier alpha value is -2.36. The average molecular weight is 236 g/mol. The van der Waals surface area contributed by atoms with Crippen LogP contribution in [-0.2, 0) is 9.59 Å². The smallest absolute Gasteiger partial charge is 0.327 e. The molecule has 2 N–H and O–H groups in total. The van der Waals surface area contributed by atoms with E-state index in [2.05, 4.69) is 13.2 Å². The lowest BCUT2D eigenvalue weighted by Gasteiger charge is -1.85. The van der Waals surface area contributed by atoms with Crippen molar-refractivity contribution >= 4 is 18.0 Å². The summed E-state index contributed by atoms with van der Waals surface area (Å²) >= 11 is 0. The van der Waals surface area contributed by atoms with Crippen molar-refractivity contribution in [3.8, 4) is 0 Å². The zero-order valence-electron chi connectivity index (χ0n) is 9.67. The Bertz CT molecular complexity index is 351. The van der Waals surface area contributed by atoms with E-state index in [0.29, 0.717) is 0 Å². The van der Waals surface area contributed by atoms with Gasteiger partial charge in [0, 0.05) is 13.0 Å². The van der Waals surface area contributed by atoms with Crippen molar-refractivity contribution in [2.45, 2.75) is 6.92 Å². The molecule has 92 valence electrons. The van der Waals surface area contributed by atoms with E-state index in [-0.39, 0.29) is 0 Å². The number of carboxylic acid groups (broad SMARTS) is 2. The van der Waals surface area contributed by atoms with E-state index in [4.69, 9.17) is 15.0 Å². The highest BCUT2D eigenvalue weighted by Gasteiger charge is 1.75. The van der Waals surface area contributed by atoms with E-state index in [0.717, 1.165) is 13.0 Å². The first kappa shape index (κ1) is 17.0. The predicted molar refractivity (Wildman–Crippen MR) is 67.7 cm³/mol. The van der Waals surface area contributed by atoms with E-state index in [1.807, 2.05) is 36.4 Å². The first-order chi connectivity index (χ1) is 7.93. The second-order valence-corrected chi connectivity index (χ2v) is 2.68. The topological polar surface area (TPSA) is 74.6 Å². The number of rotatable bonds is 2. The summed E-state index contributed by atoms with van der Waals surface area (Å²) in [5.41, 5.74) is 1.17. The molecule has 0 saturated carbocycles. The Balaban J connectivity index is 0. The van der Waals surface area contributed by atoms with E-state index in [1.54, 1.807) is 0 Å². The fraction of sp³-hybridized carbons (Fsp3) is 0.0769. The molecule has 1 aromatic rings. The van der Waals surface area contributed by atoms with Gasteiger partial charge in [-0.05, 0) is 5.56 Å². The van der Waals surface area contributed by atoms with Crippen LogP contribution in [0.25, 0.3) is 6.08 Å². The number of aliphatic carboxylic acids is 2. The quantitative estimate of drug-likeness (QED) is 0.774. The molecule has 0 fully saturated rings. The minimum atomic E-state index is -0.981. The lowest BCUT2D eigenvalue weighted by molar-refractivity contribution is -0.134. The van der Waals surface area contributed by atoms with Crippen LogP contribution >= 0.6 is 0 Å². The molecule has 0 aromatic heterocycles. The summed E-state index contributed by atoms with van der Waals surface area (Å²) in [5, 5.41) is 15.0. The molecule has 4 nitrogen and oxygen atoms in total. The maximum atomic E-state index is 9.25. The van der Waals surface area contributed by atoms with Crippen molar-refractivity contribution in [1.82, 2.24) is 0 Å². The zero-order chi connectivity index (χ0) is 13.7. The Morgan fingerprint density at radius 2 is 1.47 bits per heavy atom. The molecular formula is C13H16O4. The second kappa shape index (κ2) is 11.7. The molecule has 0 aliphatic rings. The third-order valence-corrected chi connectivity index (χ3v) is 1.21. The fourth-order valence-electron chi connectivity index (χ4n) is 0.589. The van der Waals surface area contributed by atoms with Gasteiger partial charge in [0.25, 0.3) is 5.97 Å². The summed E-state index contributed by atoms with van der Waals surface area (Å²) in [6.45, 7) is 7.67. The first-order valence-corrected chi connectivity index (χ1v) is 4.66. The van der Waals surface area contributed by atoms with Gasteiger partial charge in [0.15, 0.2) is 0 Å². The Morgan fingerprint density at radius 3 is 1.65 bits per heavy atom. The molecule has 0 aliphatic heterocycles. The van der Waals surface area contributed by atoms with Gasteiger partial charge in [-0.1, -0.05) is 49.6 Å². The SMILES string of the molecule is C=CC(=O)O.C=Cc1ccccc1.CC(=O)O. The van der Waals surface area contributed by atoms with Crippen LogP contribution in [0.4, 0.5) is 0 Å². The predicted octanol–water partition coefficient (Wildman–Crippen LogP) is 2.68. The molecule has 0 aliphatic carbocycles. The van der Waals surface area contributed by atoms with Crippen molar-refractivity contribution in [2.75, 3.05) is 0 Å². The van der Waals surface area contributed by atoms with Crippen LogP contribution < -0.4 is 0 Å². The highest BCUT2D eigenvalue weighted by atomic mass is 16.4. The highest BCUT2D eigenvalue weighted by molar-refractivity contribution is 5.78. The summed E-state index contributed by atoms with van der Waals surface area (Å²) in [6, 6.07) is 10.0. The minimum Gasteiger partial charge on any atom is -0.481 e. The molecule has 0 spiro atoms. The van der Waals surface area contributed by atoms with E-state index in [9.17, 15) is 4.79 Å². The van der Waals surface area contributed by atoms with Crippen LogP contribution in [0.3, 0.4) is 0 Å². The summed E-state index contributed by atoms with van der Waals surface area (Å²) in [5.74, 6) is -1.81. The monoisotopic (exact) mass is 236 g/mol. The van der Waals surface area contributed by atoms with Gasteiger partial charge in [0.1, 0.15) is 0 Å². The Morgan fingerprint density at radius 1 is 1.12 bits per heavy atom. The van der Waals surface area contributed by atoms with Crippen LogP contribution in [0, 0.1) is 0 Å².